The van der Waals surface area contributed by atoms with Crippen LogP contribution < -0.4 is 10.1 Å². The summed E-state index contributed by atoms with van der Waals surface area (Å²) in [6, 6.07) is 6.83. The molecule has 1 aromatic carbocycles. The summed E-state index contributed by atoms with van der Waals surface area (Å²) in [5.74, 6) is 1.64. The van der Waals surface area contributed by atoms with Gasteiger partial charge in [-0.2, -0.15) is 0 Å². The maximum atomic E-state index is 5.90. The third-order valence-corrected chi connectivity index (χ3v) is 4.81. The summed E-state index contributed by atoms with van der Waals surface area (Å²) in [7, 11) is 0. The molecule has 0 amide bonds. The molecule has 6 heteroatoms. The summed E-state index contributed by atoms with van der Waals surface area (Å²) in [4.78, 5) is 2.61. The Bertz CT molecular complexity index is 456. The van der Waals surface area contributed by atoms with E-state index in [1.807, 2.05) is 0 Å². The number of nitrogens with zero attached hydrogens (tertiary/aromatic N) is 1. The van der Waals surface area contributed by atoms with E-state index in [0.717, 1.165) is 36.4 Å². The van der Waals surface area contributed by atoms with Gasteiger partial charge in [-0.15, -0.1) is 24.8 Å². The van der Waals surface area contributed by atoms with Gasteiger partial charge in [-0.1, -0.05) is 36.2 Å². The first kappa shape index (κ1) is 23.0. The third-order valence-electron chi connectivity index (χ3n) is 4.32. The molecule has 0 aliphatic carbocycles. The molecule has 1 aromatic rings. The van der Waals surface area contributed by atoms with E-state index in [1.165, 1.54) is 12.0 Å². The number of benzene rings is 1. The molecule has 1 aliphatic rings. The van der Waals surface area contributed by atoms with Crippen molar-refractivity contribution >= 4 is 40.7 Å². The lowest BCUT2D eigenvalue weighted by molar-refractivity contribution is 0.125. The molecule has 0 saturated carbocycles. The summed E-state index contributed by atoms with van der Waals surface area (Å²) in [5.41, 5.74) is 1.32. The van der Waals surface area contributed by atoms with Crippen LogP contribution >= 0.6 is 40.7 Å². The van der Waals surface area contributed by atoms with E-state index >= 15 is 0 Å². The molecule has 1 saturated heterocycles. The fraction of sp³-hybridized carbons (Fsp3) is 0.647. The molecule has 23 heavy (non-hydrogen) atoms. The molecule has 0 spiro atoms. The molecular formula is C17H29BrCl2N2O. The first-order valence-electron chi connectivity index (χ1n) is 8.04. The monoisotopic (exact) mass is 426 g/mol. The molecule has 2 rings (SSSR count). The van der Waals surface area contributed by atoms with Gasteiger partial charge in [0, 0.05) is 42.3 Å². The quantitative estimate of drug-likeness (QED) is 0.712. The number of hydrogen-bond donors (Lipinski definition) is 1. The van der Waals surface area contributed by atoms with Crippen LogP contribution in [0.2, 0.25) is 0 Å². The SMILES string of the molecule is CCOc1ccc(Br)cc1[C@H](C(C)CC)N1CCNCC1.Cl.Cl. The molecule has 134 valence electrons. The van der Waals surface area contributed by atoms with Gasteiger partial charge in [0.15, 0.2) is 0 Å². The second-order valence-electron chi connectivity index (χ2n) is 5.73. The van der Waals surface area contributed by atoms with Crippen molar-refractivity contribution in [2.45, 2.75) is 33.2 Å². The van der Waals surface area contributed by atoms with Gasteiger partial charge in [0.2, 0.25) is 0 Å². The molecule has 2 atom stereocenters. The van der Waals surface area contributed by atoms with Crippen LogP contribution in [0.15, 0.2) is 22.7 Å². The number of rotatable bonds is 6. The number of piperazine rings is 1. The van der Waals surface area contributed by atoms with Crippen LogP contribution in [0.5, 0.6) is 5.75 Å². The highest BCUT2D eigenvalue weighted by atomic mass is 79.9. The van der Waals surface area contributed by atoms with Crippen molar-refractivity contribution in [2.24, 2.45) is 5.92 Å². The molecular weight excluding hydrogens is 399 g/mol. The Kier molecular flexibility index (Phi) is 11.5. The number of nitrogens with one attached hydrogen (secondary N) is 1. The van der Waals surface area contributed by atoms with Gasteiger partial charge < -0.3 is 10.1 Å². The Morgan fingerprint density at radius 1 is 1.22 bits per heavy atom. The van der Waals surface area contributed by atoms with Gasteiger partial charge >= 0.3 is 0 Å². The lowest BCUT2D eigenvalue weighted by Gasteiger charge is -2.39. The summed E-state index contributed by atoms with van der Waals surface area (Å²) >= 11 is 3.62. The molecule has 0 bridgehead atoms. The summed E-state index contributed by atoms with van der Waals surface area (Å²) in [6.07, 6.45) is 1.17. The van der Waals surface area contributed by atoms with Crippen molar-refractivity contribution in [1.29, 1.82) is 0 Å². The van der Waals surface area contributed by atoms with Gasteiger partial charge in [0.05, 0.1) is 6.61 Å². The highest BCUT2D eigenvalue weighted by Crippen LogP contribution is 2.38. The highest BCUT2D eigenvalue weighted by Gasteiger charge is 2.29. The predicted molar refractivity (Wildman–Crippen MR) is 106 cm³/mol. The second-order valence-corrected chi connectivity index (χ2v) is 6.65. The predicted octanol–water partition coefficient (Wildman–Crippen LogP) is 4.68. The van der Waals surface area contributed by atoms with Crippen LogP contribution in [-0.2, 0) is 0 Å². The van der Waals surface area contributed by atoms with E-state index in [4.69, 9.17) is 4.74 Å². The van der Waals surface area contributed by atoms with Crippen LogP contribution in [0.4, 0.5) is 0 Å². The fourth-order valence-electron chi connectivity index (χ4n) is 3.08. The van der Waals surface area contributed by atoms with Crippen molar-refractivity contribution in [3.05, 3.63) is 28.2 Å². The van der Waals surface area contributed by atoms with E-state index in [0.29, 0.717) is 18.6 Å². The topological polar surface area (TPSA) is 24.5 Å². The van der Waals surface area contributed by atoms with Gasteiger partial charge in [-0.05, 0) is 31.0 Å². The second kappa shape index (κ2) is 11.5. The average molecular weight is 428 g/mol. The normalized spacial score (nSPS) is 17.6. The van der Waals surface area contributed by atoms with Crippen LogP contribution in [0.1, 0.15) is 38.8 Å². The van der Waals surface area contributed by atoms with Gasteiger partial charge in [0.25, 0.3) is 0 Å². The molecule has 0 aromatic heterocycles. The maximum absolute atomic E-state index is 5.90. The third kappa shape index (κ3) is 6.09. The summed E-state index contributed by atoms with van der Waals surface area (Å²) in [6.45, 7) is 11.7. The van der Waals surface area contributed by atoms with Crippen molar-refractivity contribution in [3.8, 4) is 5.75 Å². The van der Waals surface area contributed by atoms with Crippen molar-refractivity contribution in [1.82, 2.24) is 10.2 Å². The minimum Gasteiger partial charge on any atom is -0.494 e. The van der Waals surface area contributed by atoms with Crippen LogP contribution in [0.25, 0.3) is 0 Å². The Morgan fingerprint density at radius 2 is 1.87 bits per heavy atom. The van der Waals surface area contributed by atoms with Gasteiger partial charge in [-0.25, -0.2) is 0 Å². The van der Waals surface area contributed by atoms with Crippen LogP contribution in [0, 0.1) is 5.92 Å². The zero-order valence-electron chi connectivity index (χ0n) is 14.2. The van der Waals surface area contributed by atoms with E-state index in [-0.39, 0.29) is 24.8 Å². The molecule has 1 unspecified atom stereocenters. The average Bonchev–Trinajstić information content (AvgIpc) is 2.51. The van der Waals surface area contributed by atoms with Crippen molar-refractivity contribution in [3.63, 3.8) is 0 Å². The zero-order chi connectivity index (χ0) is 15.2. The summed E-state index contributed by atoms with van der Waals surface area (Å²) < 4.78 is 7.02. The van der Waals surface area contributed by atoms with Gasteiger partial charge in [-0.3, -0.25) is 4.90 Å². The minimum absolute atomic E-state index is 0. The highest BCUT2D eigenvalue weighted by molar-refractivity contribution is 9.10. The lowest BCUT2D eigenvalue weighted by atomic mass is 9.90. The first-order chi connectivity index (χ1) is 10.2. The Labute approximate surface area is 161 Å². The van der Waals surface area contributed by atoms with Gasteiger partial charge in [0.1, 0.15) is 5.75 Å². The molecule has 0 radical (unpaired) electrons. The fourth-order valence-corrected chi connectivity index (χ4v) is 3.46. The maximum Gasteiger partial charge on any atom is 0.124 e. The Morgan fingerprint density at radius 3 is 2.43 bits per heavy atom. The molecule has 1 heterocycles. The molecule has 3 nitrogen and oxygen atoms in total. The van der Waals surface area contributed by atoms with E-state index < -0.39 is 0 Å². The largest absolute Gasteiger partial charge is 0.494 e. The summed E-state index contributed by atoms with van der Waals surface area (Å²) in [5, 5.41) is 3.45. The molecule has 1 fully saturated rings. The number of hydrogen-bond acceptors (Lipinski definition) is 3. The number of ether oxygens (including phenoxy) is 1. The Balaban J connectivity index is 0.00000242. The van der Waals surface area contributed by atoms with E-state index in [1.54, 1.807) is 0 Å². The molecule has 1 N–H and O–H groups in total. The Hall–Kier alpha value is -0.000000000000000222. The minimum atomic E-state index is 0. The standard InChI is InChI=1S/C17H27BrN2O.2ClH/c1-4-13(3)17(20-10-8-19-9-11-20)15-12-14(18)6-7-16(15)21-5-2;;/h6-7,12-13,17,19H,4-5,8-11H2,1-3H3;2*1H/t13?,17-;;/m0../s1. The zero-order valence-corrected chi connectivity index (χ0v) is 17.4. The van der Waals surface area contributed by atoms with E-state index in [9.17, 15) is 0 Å². The lowest BCUT2D eigenvalue weighted by Crippen LogP contribution is -2.46. The first-order valence-corrected chi connectivity index (χ1v) is 8.83. The van der Waals surface area contributed by atoms with Crippen LogP contribution in [-0.4, -0.2) is 37.7 Å². The van der Waals surface area contributed by atoms with Crippen molar-refractivity contribution in [2.75, 3.05) is 32.8 Å². The van der Waals surface area contributed by atoms with E-state index in [2.05, 4.69) is 65.1 Å². The number of halogens is 3. The van der Waals surface area contributed by atoms with Crippen molar-refractivity contribution < 1.29 is 4.74 Å². The smallest absolute Gasteiger partial charge is 0.124 e. The van der Waals surface area contributed by atoms with Crippen LogP contribution in [0.3, 0.4) is 0 Å². The molecule has 1 aliphatic heterocycles.